The van der Waals surface area contributed by atoms with Gasteiger partial charge in [0.15, 0.2) is 0 Å². The summed E-state index contributed by atoms with van der Waals surface area (Å²) in [5.41, 5.74) is 0. The van der Waals surface area contributed by atoms with E-state index in [0.29, 0.717) is 12.3 Å². The highest BCUT2D eigenvalue weighted by molar-refractivity contribution is 7.89. The molecule has 5 heteroatoms. The van der Waals surface area contributed by atoms with Gasteiger partial charge in [0.1, 0.15) is 0 Å². The summed E-state index contributed by atoms with van der Waals surface area (Å²) in [4.78, 5) is 0. The van der Waals surface area contributed by atoms with Crippen LogP contribution >= 0.6 is 11.6 Å². The summed E-state index contributed by atoms with van der Waals surface area (Å²) < 4.78 is 24.7. The van der Waals surface area contributed by atoms with E-state index in [2.05, 4.69) is 16.6 Å². The Labute approximate surface area is 84.9 Å². The van der Waals surface area contributed by atoms with Gasteiger partial charge >= 0.3 is 0 Å². The van der Waals surface area contributed by atoms with Crippen LogP contribution in [-0.2, 0) is 10.0 Å². The Balaban J connectivity index is 3.72. The van der Waals surface area contributed by atoms with Gasteiger partial charge in [-0.25, -0.2) is 13.1 Å². The molecule has 0 spiro atoms. The van der Waals surface area contributed by atoms with E-state index >= 15 is 0 Å². The third-order valence-electron chi connectivity index (χ3n) is 1.35. The first-order valence-electron chi connectivity index (χ1n) is 4.05. The minimum atomic E-state index is -3.14. The van der Waals surface area contributed by atoms with Crippen LogP contribution in [0.15, 0.2) is 0 Å². The van der Waals surface area contributed by atoms with Gasteiger partial charge in [-0.05, 0) is 19.8 Å². The molecule has 0 aliphatic heterocycles. The summed E-state index contributed by atoms with van der Waals surface area (Å²) in [6.45, 7) is 1.86. The number of hydrogen-bond acceptors (Lipinski definition) is 2. The lowest BCUT2D eigenvalue weighted by Crippen LogP contribution is -2.26. The fraction of sp³-hybridized carbons (Fsp3) is 0.750. The standard InChI is InChI=1S/C8H14ClNO2S/c1-2-3-7-10-13(11,12)8-5-4-6-9/h10H,4-8H2,1H3. The second-order valence-corrected chi connectivity index (χ2v) is 4.77. The maximum atomic E-state index is 11.2. The molecular formula is C8H14ClNO2S. The average Bonchev–Trinajstić information content (AvgIpc) is 2.05. The van der Waals surface area contributed by atoms with Gasteiger partial charge in [0.2, 0.25) is 10.0 Å². The molecule has 0 saturated carbocycles. The minimum Gasteiger partial charge on any atom is -0.212 e. The summed E-state index contributed by atoms with van der Waals surface area (Å²) in [6, 6.07) is 0. The molecule has 0 fully saturated rings. The fourth-order valence-corrected chi connectivity index (χ4v) is 1.90. The smallest absolute Gasteiger partial charge is 0.212 e. The van der Waals surface area contributed by atoms with Crippen molar-refractivity contribution < 1.29 is 8.42 Å². The number of rotatable bonds is 6. The maximum Gasteiger partial charge on any atom is 0.212 e. The number of hydrogen-bond donors (Lipinski definition) is 1. The number of nitrogens with one attached hydrogen (secondary N) is 1. The highest BCUT2D eigenvalue weighted by Gasteiger charge is 2.07. The molecule has 0 radical (unpaired) electrons. The molecule has 1 N–H and O–H groups in total. The van der Waals surface area contributed by atoms with Crippen LogP contribution in [0.1, 0.15) is 19.8 Å². The van der Waals surface area contributed by atoms with Gasteiger partial charge in [-0.2, -0.15) is 0 Å². The largest absolute Gasteiger partial charge is 0.212 e. The zero-order chi connectivity index (χ0) is 10.2. The first kappa shape index (κ1) is 12.8. The number of alkyl halides is 1. The molecule has 0 rings (SSSR count). The lowest BCUT2D eigenvalue weighted by molar-refractivity contribution is 0.583. The molecule has 0 atom stereocenters. The average molecular weight is 224 g/mol. The van der Waals surface area contributed by atoms with Crippen LogP contribution in [0.25, 0.3) is 0 Å². The third kappa shape index (κ3) is 8.10. The topological polar surface area (TPSA) is 46.2 Å². The van der Waals surface area contributed by atoms with Gasteiger partial charge in [-0.15, -0.1) is 17.5 Å². The van der Waals surface area contributed by atoms with Crippen LogP contribution in [0.2, 0.25) is 0 Å². The SMILES string of the molecule is CC#CCNS(=O)(=O)CCCCCl. The lowest BCUT2D eigenvalue weighted by Gasteiger charge is -2.01. The van der Waals surface area contributed by atoms with Gasteiger partial charge in [0.05, 0.1) is 12.3 Å². The summed E-state index contributed by atoms with van der Waals surface area (Å²) in [7, 11) is -3.14. The van der Waals surface area contributed by atoms with Crippen LogP contribution in [0.5, 0.6) is 0 Å². The van der Waals surface area contributed by atoms with E-state index in [-0.39, 0.29) is 12.3 Å². The fourth-order valence-electron chi connectivity index (χ4n) is 0.693. The Kier molecular flexibility index (Phi) is 7.06. The van der Waals surface area contributed by atoms with Crippen molar-refractivity contribution in [3.63, 3.8) is 0 Å². The van der Waals surface area contributed by atoms with Crippen LogP contribution in [-0.4, -0.2) is 26.6 Å². The first-order chi connectivity index (χ1) is 6.12. The van der Waals surface area contributed by atoms with Crippen molar-refractivity contribution in [1.82, 2.24) is 4.72 Å². The van der Waals surface area contributed by atoms with Crippen molar-refractivity contribution in [2.75, 3.05) is 18.2 Å². The quantitative estimate of drug-likeness (QED) is 0.414. The van der Waals surface area contributed by atoms with Crippen molar-refractivity contribution in [2.45, 2.75) is 19.8 Å². The Morgan fingerprint density at radius 3 is 2.62 bits per heavy atom. The molecule has 0 aromatic rings. The van der Waals surface area contributed by atoms with E-state index < -0.39 is 10.0 Å². The van der Waals surface area contributed by atoms with Crippen molar-refractivity contribution >= 4 is 21.6 Å². The molecule has 3 nitrogen and oxygen atoms in total. The molecule has 0 heterocycles. The third-order valence-corrected chi connectivity index (χ3v) is 3.03. The van der Waals surface area contributed by atoms with E-state index in [1.54, 1.807) is 6.92 Å². The Bertz CT molecular complexity index is 276. The van der Waals surface area contributed by atoms with Crippen molar-refractivity contribution in [2.24, 2.45) is 0 Å². The van der Waals surface area contributed by atoms with Gasteiger partial charge in [-0.3, -0.25) is 0 Å². The molecule has 0 aliphatic rings. The molecule has 0 amide bonds. The van der Waals surface area contributed by atoms with Crippen molar-refractivity contribution in [1.29, 1.82) is 0 Å². The van der Waals surface area contributed by atoms with Crippen molar-refractivity contribution in [3.05, 3.63) is 0 Å². The van der Waals surface area contributed by atoms with E-state index in [0.717, 1.165) is 6.42 Å². The molecule has 0 aromatic heterocycles. The Morgan fingerprint density at radius 2 is 2.08 bits per heavy atom. The first-order valence-corrected chi connectivity index (χ1v) is 6.24. The summed E-state index contributed by atoms with van der Waals surface area (Å²) >= 11 is 5.42. The van der Waals surface area contributed by atoms with Gasteiger partial charge in [0.25, 0.3) is 0 Å². The van der Waals surface area contributed by atoms with E-state index in [4.69, 9.17) is 11.6 Å². The van der Waals surface area contributed by atoms with E-state index in [1.165, 1.54) is 0 Å². The van der Waals surface area contributed by atoms with Gasteiger partial charge in [-0.1, -0.05) is 5.92 Å². The van der Waals surface area contributed by atoms with Gasteiger partial charge in [0, 0.05) is 5.88 Å². The van der Waals surface area contributed by atoms with Crippen LogP contribution in [0.3, 0.4) is 0 Å². The predicted octanol–water partition coefficient (Wildman–Crippen LogP) is 0.948. The van der Waals surface area contributed by atoms with E-state index in [9.17, 15) is 8.42 Å². The molecule has 13 heavy (non-hydrogen) atoms. The summed E-state index contributed by atoms with van der Waals surface area (Å²) in [5.74, 6) is 5.87. The summed E-state index contributed by atoms with van der Waals surface area (Å²) in [5, 5.41) is 0. The van der Waals surface area contributed by atoms with Crippen LogP contribution in [0.4, 0.5) is 0 Å². The lowest BCUT2D eigenvalue weighted by atomic mass is 10.4. The zero-order valence-corrected chi connectivity index (χ0v) is 9.21. The zero-order valence-electron chi connectivity index (χ0n) is 7.64. The molecule has 0 saturated heterocycles. The number of sulfonamides is 1. The molecule has 0 aliphatic carbocycles. The minimum absolute atomic E-state index is 0.130. The molecule has 0 aromatic carbocycles. The molecular weight excluding hydrogens is 210 g/mol. The monoisotopic (exact) mass is 223 g/mol. The predicted molar refractivity (Wildman–Crippen MR) is 55.2 cm³/mol. The number of unbranched alkanes of at least 4 members (excludes halogenated alkanes) is 1. The van der Waals surface area contributed by atoms with Gasteiger partial charge < -0.3 is 0 Å². The second-order valence-electron chi connectivity index (χ2n) is 2.46. The highest BCUT2D eigenvalue weighted by atomic mass is 35.5. The maximum absolute atomic E-state index is 11.2. The summed E-state index contributed by atoms with van der Waals surface area (Å²) in [6.07, 6.45) is 1.32. The normalized spacial score (nSPS) is 10.6. The molecule has 0 unspecified atom stereocenters. The van der Waals surface area contributed by atoms with E-state index in [1.807, 2.05) is 0 Å². The Morgan fingerprint density at radius 1 is 1.38 bits per heavy atom. The van der Waals surface area contributed by atoms with Crippen LogP contribution in [0, 0.1) is 11.8 Å². The van der Waals surface area contributed by atoms with Crippen LogP contribution < -0.4 is 4.72 Å². The highest BCUT2D eigenvalue weighted by Crippen LogP contribution is 1.95. The van der Waals surface area contributed by atoms with Crippen molar-refractivity contribution in [3.8, 4) is 11.8 Å². The molecule has 76 valence electrons. The number of halogens is 1. The Hall–Kier alpha value is -0.240. The molecule has 0 bridgehead atoms. The second kappa shape index (κ2) is 7.19.